The SMILES string of the molecule is COC(=O)Cc1nc(Cl)c2ccccc2n1. The second-order valence-electron chi connectivity index (χ2n) is 3.20. The fourth-order valence-electron chi connectivity index (χ4n) is 1.36. The molecule has 16 heavy (non-hydrogen) atoms. The number of hydrogen-bond acceptors (Lipinski definition) is 4. The molecule has 0 aliphatic carbocycles. The quantitative estimate of drug-likeness (QED) is 0.591. The third kappa shape index (κ3) is 2.12. The summed E-state index contributed by atoms with van der Waals surface area (Å²) in [5.41, 5.74) is 0.724. The van der Waals surface area contributed by atoms with E-state index in [1.807, 2.05) is 24.3 Å². The Bertz CT molecular complexity index is 542. The van der Waals surface area contributed by atoms with Crippen LogP contribution in [0.2, 0.25) is 5.15 Å². The van der Waals surface area contributed by atoms with E-state index < -0.39 is 0 Å². The molecule has 1 aromatic carbocycles. The number of hydrogen-bond donors (Lipinski definition) is 0. The van der Waals surface area contributed by atoms with Crippen molar-refractivity contribution in [1.29, 1.82) is 0 Å². The molecule has 0 bridgehead atoms. The fraction of sp³-hybridized carbons (Fsp3) is 0.182. The maximum absolute atomic E-state index is 11.1. The van der Waals surface area contributed by atoms with Crippen molar-refractivity contribution in [3.8, 4) is 0 Å². The third-order valence-corrected chi connectivity index (χ3v) is 2.42. The van der Waals surface area contributed by atoms with Crippen molar-refractivity contribution in [2.75, 3.05) is 7.11 Å². The lowest BCUT2D eigenvalue weighted by atomic mass is 10.2. The first kappa shape index (κ1) is 10.8. The van der Waals surface area contributed by atoms with Crippen LogP contribution in [0.25, 0.3) is 10.9 Å². The number of para-hydroxylation sites is 1. The first-order chi connectivity index (χ1) is 7.70. The molecular weight excluding hydrogens is 228 g/mol. The van der Waals surface area contributed by atoms with Gasteiger partial charge in [0.1, 0.15) is 17.4 Å². The number of methoxy groups -OCH3 is 1. The summed E-state index contributed by atoms with van der Waals surface area (Å²) >= 11 is 5.99. The molecule has 0 amide bonds. The van der Waals surface area contributed by atoms with Crippen LogP contribution in [0.4, 0.5) is 0 Å². The lowest BCUT2D eigenvalue weighted by Crippen LogP contribution is -2.08. The normalized spacial score (nSPS) is 10.4. The molecule has 5 heteroatoms. The summed E-state index contributed by atoms with van der Waals surface area (Å²) in [4.78, 5) is 19.4. The lowest BCUT2D eigenvalue weighted by molar-refractivity contribution is -0.139. The first-order valence-electron chi connectivity index (χ1n) is 4.68. The first-order valence-corrected chi connectivity index (χ1v) is 5.06. The predicted molar refractivity (Wildman–Crippen MR) is 60.3 cm³/mol. The highest BCUT2D eigenvalue weighted by atomic mass is 35.5. The summed E-state index contributed by atoms with van der Waals surface area (Å²) in [6.45, 7) is 0. The molecule has 1 heterocycles. The Hall–Kier alpha value is -1.68. The van der Waals surface area contributed by atoms with Gasteiger partial charge in [0, 0.05) is 5.39 Å². The minimum absolute atomic E-state index is 0.0288. The van der Waals surface area contributed by atoms with Crippen molar-refractivity contribution in [2.45, 2.75) is 6.42 Å². The molecule has 0 spiro atoms. The number of halogens is 1. The highest BCUT2D eigenvalue weighted by molar-refractivity contribution is 6.34. The van der Waals surface area contributed by atoms with Crippen LogP contribution in [-0.2, 0) is 16.0 Å². The molecule has 0 N–H and O–H groups in total. The minimum Gasteiger partial charge on any atom is -0.469 e. The van der Waals surface area contributed by atoms with E-state index in [1.54, 1.807) is 0 Å². The largest absolute Gasteiger partial charge is 0.469 e. The number of aromatic nitrogens is 2. The zero-order valence-corrected chi connectivity index (χ0v) is 9.36. The molecule has 0 radical (unpaired) electrons. The Morgan fingerprint density at radius 1 is 1.38 bits per heavy atom. The van der Waals surface area contributed by atoms with Crippen molar-refractivity contribution < 1.29 is 9.53 Å². The molecule has 0 atom stereocenters. The molecule has 0 saturated heterocycles. The highest BCUT2D eigenvalue weighted by Gasteiger charge is 2.09. The van der Waals surface area contributed by atoms with Crippen LogP contribution in [0, 0.1) is 0 Å². The smallest absolute Gasteiger partial charge is 0.313 e. The van der Waals surface area contributed by atoms with E-state index in [0.717, 1.165) is 10.9 Å². The van der Waals surface area contributed by atoms with Gasteiger partial charge in [0.05, 0.1) is 12.6 Å². The Morgan fingerprint density at radius 3 is 2.88 bits per heavy atom. The van der Waals surface area contributed by atoms with Gasteiger partial charge in [-0.1, -0.05) is 23.7 Å². The summed E-state index contributed by atoms with van der Waals surface area (Å²) in [6, 6.07) is 7.37. The van der Waals surface area contributed by atoms with Crippen molar-refractivity contribution >= 4 is 28.5 Å². The number of carbonyl (C=O) groups is 1. The van der Waals surface area contributed by atoms with Gasteiger partial charge in [0.25, 0.3) is 0 Å². The summed E-state index contributed by atoms with van der Waals surface area (Å²) in [5, 5.41) is 1.13. The van der Waals surface area contributed by atoms with E-state index in [2.05, 4.69) is 14.7 Å². The predicted octanol–water partition coefficient (Wildman–Crippen LogP) is 2.00. The van der Waals surface area contributed by atoms with E-state index in [1.165, 1.54) is 7.11 Å². The van der Waals surface area contributed by atoms with E-state index in [-0.39, 0.29) is 12.4 Å². The van der Waals surface area contributed by atoms with Crippen molar-refractivity contribution in [1.82, 2.24) is 9.97 Å². The van der Waals surface area contributed by atoms with Crippen LogP contribution in [0.15, 0.2) is 24.3 Å². The highest BCUT2D eigenvalue weighted by Crippen LogP contribution is 2.19. The van der Waals surface area contributed by atoms with Crippen molar-refractivity contribution in [2.24, 2.45) is 0 Å². The number of rotatable bonds is 2. The number of esters is 1. The van der Waals surface area contributed by atoms with Gasteiger partial charge in [-0.2, -0.15) is 0 Å². The molecule has 4 nitrogen and oxygen atoms in total. The van der Waals surface area contributed by atoms with Gasteiger partial charge in [-0.05, 0) is 12.1 Å². The second-order valence-corrected chi connectivity index (χ2v) is 3.56. The third-order valence-electron chi connectivity index (χ3n) is 2.13. The molecule has 0 aliphatic rings. The summed E-state index contributed by atoms with van der Waals surface area (Å²) in [5.74, 6) is -0.0121. The Labute approximate surface area is 97.2 Å². The van der Waals surface area contributed by atoms with Crippen LogP contribution in [0.3, 0.4) is 0 Å². The topological polar surface area (TPSA) is 52.1 Å². The number of ether oxygens (including phenoxy) is 1. The number of nitrogens with zero attached hydrogens (tertiary/aromatic N) is 2. The van der Waals surface area contributed by atoms with Gasteiger partial charge in [0.15, 0.2) is 0 Å². The molecular formula is C11H9ClN2O2. The number of fused-ring (bicyclic) bond motifs is 1. The molecule has 0 fully saturated rings. The average Bonchev–Trinajstić information content (AvgIpc) is 2.29. The van der Waals surface area contributed by atoms with Crippen LogP contribution in [-0.4, -0.2) is 23.0 Å². The molecule has 0 unspecified atom stereocenters. The zero-order chi connectivity index (χ0) is 11.5. The fourth-order valence-corrected chi connectivity index (χ4v) is 1.62. The zero-order valence-electron chi connectivity index (χ0n) is 8.61. The Kier molecular flexibility index (Phi) is 3.01. The minimum atomic E-state index is -0.383. The number of carbonyl (C=O) groups excluding carboxylic acids is 1. The number of benzene rings is 1. The summed E-state index contributed by atoms with van der Waals surface area (Å²) in [6.07, 6.45) is 0.0288. The molecule has 2 aromatic rings. The maximum atomic E-state index is 11.1. The Morgan fingerprint density at radius 2 is 2.12 bits per heavy atom. The van der Waals surface area contributed by atoms with Gasteiger partial charge in [-0.15, -0.1) is 0 Å². The Balaban J connectivity index is 2.45. The molecule has 0 saturated carbocycles. The van der Waals surface area contributed by atoms with Crippen LogP contribution in [0.1, 0.15) is 5.82 Å². The monoisotopic (exact) mass is 236 g/mol. The van der Waals surface area contributed by atoms with E-state index >= 15 is 0 Å². The summed E-state index contributed by atoms with van der Waals surface area (Å²) < 4.78 is 4.54. The van der Waals surface area contributed by atoms with Gasteiger partial charge in [0.2, 0.25) is 0 Å². The standard InChI is InChI=1S/C11H9ClN2O2/c1-16-10(15)6-9-13-8-5-3-2-4-7(8)11(12)14-9/h2-5H,6H2,1H3. The summed E-state index contributed by atoms with van der Waals surface area (Å²) in [7, 11) is 1.32. The lowest BCUT2D eigenvalue weighted by Gasteiger charge is -2.03. The van der Waals surface area contributed by atoms with E-state index in [0.29, 0.717) is 11.0 Å². The van der Waals surface area contributed by atoms with Gasteiger partial charge >= 0.3 is 5.97 Å². The van der Waals surface area contributed by atoms with Gasteiger partial charge in [-0.25, -0.2) is 9.97 Å². The molecule has 82 valence electrons. The van der Waals surface area contributed by atoms with E-state index in [9.17, 15) is 4.79 Å². The van der Waals surface area contributed by atoms with Crippen molar-refractivity contribution in [3.05, 3.63) is 35.2 Å². The molecule has 0 aliphatic heterocycles. The molecule has 2 rings (SSSR count). The van der Waals surface area contributed by atoms with E-state index in [4.69, 9.17) is 11.6 Å². The molecule has 1 aromatic heterocycles. The van der Waals surface area contributed by atoms with Gasteiger partial charge < -0.3 is 4.74 Å². The second kappa shape index (κ2) is 4.45. The van der Waals surface area contributed by atoms with Crippen LogP contribution < -0.4 is 0 Å². The maximum Gasteiger partial charge on any atom is 0.313 e. The van der Waals surface area contributed by atoms with Crippen LogP contribution in [0.5, 0.6) is 0 Å². The van der Waals surface area contributed by atoms with Gasteiger partial charge in [-0.3, -0.25) is 4.79 Å². The van der Waals surface area contributed by atoms with Crippen molar-refractivity contribution in [3.63, 3.8) is 0 Å². The van der Waals surface area contributed by atoms with Crippen LogP contribution >= 0.6 is 11.6 Å². The average molecular weight is 237 g/mol.